The van der Waals surface area contributed by atoms with Gasteiger partial charge in [-0.15, -0.1) is 0 Å². The van der Waals surface area contributed by atoms with Crippen LogP contribution in [0.4, 0.5) is 11.4 Å². The van der Waals surface area contributed by atoms with Gasteiger partial charge in [0.2, 0.25) is 0 Å². The highest BCUT2D eigenvalue weighted by Gasteiger charge is 2.29. The maximum Gasteiger partial charge on any atom is 0.0892 e. The lowest BCUT2D eigenvalue weighted by atomic mass is 10.1. The van der Waals surface area contributed by atoms with Crippen molar-refractivity contribution < 1.29 is 9.32 Å². The molecule has 27 heavy (non-hydrogen) atoms. The first-order valence-electron chi connectivity index (χ1n) is 9.85. The Labute approximate surface area is 164 Å². The summed E-state index contributed by atoms with van der Waals surface area (Å²) in [5.41, 5.74) is 4.66. The maximum absolute atomic E-state index is 13.1. The first-order chi connectivity index (χ1) is 13.1. The summed E-state index contributed by atoms with van der Waals surface area (Å²) in [4.78, 5) is 6.66. The van der Waals surface area contributed by atoms with Crippen molar-refractivity contribution in [3.05, 3.63) is 47.5 Å². The lowest BCUT2D eigenvalue weighted by Gasteiger charge is -2.35. The Hall–Kier alpha value is -1.69. The van der Waals surface area contributed by atoms with Crippen molar-refractivity contribution in [2.45, 2.75) is 49.0 Å². The number of fused-ring (bicyclic) bond motifs is 2. The number of aryl methyl sites for hydroxylation is 1. The van der Waals surface area contributed by atoms with Crippen molar-refractivity contribution >= 4 is 22.2 Å². The minimum atomic E-state index is -1.12. The van der Waals surface area contributed by atoms with Gasteiger partial charge >= 0.3 is 0 Å². The first kappa shape index (κ1) is 18.7. The summed E-state index contributed by atoms with van der Waals surface area (Å²) >= 11 is 0. The van der Waals surface area contributed by atoms with Crippen molar-refractivity contribution in [3.63, 3.8) is 0 Å². The number of benzene rings is 2. The lowest BCUT2D eigenvalue weighted by Crippen LogP contribution is -2.37. The number of nitrogens with zero attached hydrogens (tertiary/aromatic N) is 2. The predicted octanol–water partition coefficient (Wildman–Crippen LogP) is 3.77. The van der Waals surface area contributed by atoms with Gasteiger partial charge in [0.25, 0.3) is 0 Å². The molecule has 144 valence electrons. The second-order valence-corrected chi connectivity index (χ2v) is 9.09. The number of para-hydroxylation sites is 1. The maximum atomic E-state index is 13.1. The zero-order chi connectivity index (χ0) is 19.0. The number of aliphatic hydroxyl groups excluding tert-OH is 1. The molecule has 2 aliphatic heterocycles. The molecule has 0 saturated carbocycles. The summed E-state index contributed by atoms with van der Waals surface area (Å²) in [5.74, 6) is 0. The second-order valence-electron chi connectivity index (χ2n) is 7.67. The minimum absolute atomic E-state index is 0.122. The Kier molecular flexibility index (Phi) is 5.35. The van der Waals surface area contributed by atoms with E-state index in [0.29, 0.717) is 0 Å². The molecular weight excluding hydrogens is 356 g/mol. The van der Waals surface area contributed by atoms with Crippen molar-refractivity contribution in [3.8, 4) is 0 Å². The van der Waals surface area contributed by atoms with Crippen molar-refractivity contribution in [1.82, 2.24) is 4.90 Å². The Morgan fingerprint density at radius 2 is 1.78 bits per heavy atom. The van der Waals surface area contributed by atoms with Gasteiger partial charge in [-0.3, -0.25) is 0 Å². The number of anilines is 2. The van der Waals surface area contributed by atoms with Crippen molar-refractivity contribution in [1.29, 1.82) is 0 Å². The summed E-state index contributed by atoms with van der Waals surface area (Å²) in [6.45, 7) is 8.17. The van der Waals surface area contributed by atoms with E-state index in [1.807, 2.05) is 24.3 Å². The number of hydrogen-bond acceptors (Lipinski definition) is 4. The summed E-state index contributed by atoms with van der Waals surface area (Å²) in [7, 11) is -1.12. The molecule has 0 spiro atoms. The Balaban J connectivity index is 1.59. The van der Waals surface area contributed by atoms with Gasteiger partial charge in [-0.1, -0.05) is 18.2 Å². The largest absolute Gasteiger partial charge is 0.393 e. The highest BCUT2D eigenvalue weighted by Crippen LogP contribution is 2.44. The molecule has 1 N–H and O–H groups in total. The van der Waals surface area contributed by atoms with E-state index in [2.05, 4.69) is 35.8 Å². The number of aliphatic hydroxyl groups is 1. The highest BCUT2D eigenvalue weighted by atomic mass is 32.2. The average Bonchev–Trinajstić information content (AvgIpc) is 2.68. The number of rotatable bonds is 4. The zero-order valence-electron chi connectivity index (χ0n) is 16.1. The fourth-order valence-electron chi connectivity index (χ4n) is 4.16. The van der Waals surface area contributed by atoms with Crippen LogP contribution in [0.1, 0.15) is 30.4 Å². The van der Waals surface area contributed by atoms with E-state index in [9.17, 15) is 9.32 Å². The lowest BCUT2D eigenvalue weighted by molar-refractivity contribution is 0.0824. The molecule has 1 fully saturated rings. The normalized spacial score (nSPS) is 20.4. The first-order valence-corrected chi connectivity index (χ1v) is 11.0. The van der Waals surface area contributed by atoms with Crippen molar-refractivity contribution in [2.75, 3.05) is 31.1 Å². The van der Waals surface area contributed by atoms with Crippen LogP contribution in [0.2, 0.25) is 0 Å². The fraction of sp³-hybridized carbons (Fsp3) is 0.455. The smallest absolute Gasteiger partial charge is 0.0892 e. The molecule has 0 bridgehead atoms. The molecule has 2 aliphatic rings. The molecule has 1 saturated heterocycles. The van der Waals surface area contributed by atoms with E-state index >= 15 is 0 Å². The molecule has 1 atom stereocenters. The Morgan fingerprint density at radius 1 is 1.04 bits per heavy atom. The van der Waals surface area contributed by atoms with Crippen LogP contribution < -0.4 is 4.90 Å². The van der Waals surface area contributed by atoms with Crippen LogP contribution in [0.25, 0.3) is 0 Å². The topological polar surface area (TPSA) is 43.8 Å². The third kappa shape index (κ3) is 3.56. The SMILES string of the molecule is Cc1ccc2c(c1C)N(CCCN1CCC(O)CC1)c1ccccc1S2=O. The van der Waals surface area contributed by atoms with Gasteiger partial charge in [0.05, 0.1) is 38.1 Å². The molecule has 2 heterocycles. The van der Waals surface area contributed by atoms with Gasteiger partial charge < -0.3 is 14.9 Å². The molecule has 5 heteroatoms. The number of piperidine rings is 1. The summed E-state index contributed by atoms with van der Waals surface area (Å²) < 4.78 is 13.1. The van der Waals surface area contributed by atoms with E-state index in [0.717, 1.165) is 66.6 Å². The van der Waals surface area contributed by atoms with Crippen LogP contribution in [0.5, 0.6) is 0 Å². The van der Waals surface area contributed by atoms with Crippen LogP contribution >= 0.6 is 0 Å². The van der Waals surface area contributed by atoms with Crippen LogP contribution in [0.15, 0.2) is 46.2 Å². The molecule has 0 aromatic heterocycles. The molecule has 0 amide bonds. The van der Waals surface area contributed by atoms with Gasteiger partial charge in [-0.05, 0) is 69.0 Å². The molecule has 4 nitrogen and oxygen atoms in total. The van der Waals surface area contributed by atoms with E-state index in [1.165, 1.54) is 11.1 Å². The molecule has 0 aliphatic carbocycles. The van der Waals surface area contributed by atoms with Gasteiger partial charge in [-0.25, -0.2) is 4.21 Å². The summed E-state index contributed by atoms with van der Waals surface area (Å²) in [5, 5.41) is 9.69. The van der Waals surface area contributed by atoms with E-state index in [4.69, 9.17) is 0 Å². The molecule has 1 unspecified atom stereocenters. The van der Waals surface area contributed by atoms with Crippen molar-refractivity contribution in [2.24, 2.45) is 0 Å². The zero-order valence-corrected chi connectivity index (χ0v) is 17.0. The van der Waals surface area contributed by atoms with Crippen LogP contribution in [0, 0.1) is 13.8 Å². The highest BCUT2D eigenvalue weighted by molar-refractivity contribution is 7.85. The summed E-state index contributed by atoms with van der Waals surface area (Å²) in [6.07, 6.45) is 2.69. The molecular formula is C22H28N2O2S. The quantitative estimate of drug-likeness (QED) is 0.872. The van der Waals surface area contributed by atoms with Crippen LogP contribution in [0.3, 0.4) is 0 Å². The van der Waals surface area contributed by atoms with Crippen LogP contribution in [-0.2, 0) is 10.8 Å². The van der Waals surface area contributed by atoms with Crippen LogP contribution in [-0.4, -0.2) is 46.5 Å². The van der Waals surface area contributed by atoms with Gasteiger partial charge in [0.15, 0.2) is 0 Å². The van der Waals surface area contributed by atoms with Gasteiger partial charge in [0.1, 0.15) is 0 Å². The average molecular weight is 385 g/mol. The predicted molar refractivity (Wildman–Crippen MR) is 110 cm³/mol. The standard InChI is InChI=1S/C22H28N2O2S/c1-16-8-9-21-22(17(16)2)24(19-6-3-4-7-20(19)27(21)26)13-5-12-23-14-10-18(25)11-15-23/h3-4,6-9,18,25H,5,10-15H2,1-2H3. The Morgan fingerprint density at radius 3 is 2.56 bits per heavy atom. The monoisotopic (exact) mass is 384 g/mol. The van der Waals surface area contributed by atoms with E-state index in [-0.39, 0.29) is 6.10 Å². The molecule has 4 rings (SSSR count). The van der Waals surface area contributed by atoms with Gasteiger partial charge in [-0.2, -0.15) is 0 Å². The third-order valence-electron chi connectivity index (χ3n) is 5.90. The van der Waals surface area contributed by atoms with Gasteiger partial charge in [0, 0.05) is 19.6 Å². The second kappa shape index (κ2) is 7.74. The van der Waals surface area contributed by atoms with E-state index in [1.54, 1.807) is 0 Å². The van der Waals surface area contributed by atoms with E-state index < -0.39 is 10.8 Å². The number of hydrogen-bond donors (Lipinski definition) is 1. The third-order valence-corrected chi connectivity index (χ3v) is 7.38. The molecule has 0 radical (unpaired) electrons. The molecule has 2 aromatic rings. The minimum Gasteiger partial charge on any atom is -0.393 e. The Bertz CT molecular complexity index is 859. The molecule has 2 aromatic carbocycles. The number of likely N-dealkylation sites (tertiary alicyclic amines) is 1. The summed E-state index contributed by atoms with van der Waals surface area (Å²) in [6, 6.07) is 12.2. The fourth-order valence-corrected chi connectivity index (χ4v) is 5.60.